The van der Waals surface area contributed by atoms with Crippen molar-refractivity contribution in [1.82, 2.24) is 4.90 Å². The fraction of sp³-hybridized carbons (Fsp3) is 0.684. The number of phenolic OH excluding ortho intramolecular Hbond substituents is 1. The highest BCUT2D eigenvalue weighted by atomic mass is 16.5. The van der Waals surface area contributed by atoms with Crippen LogP contribution in [-0.4, -0.2) is 42.9 Å². The van der Waals surface area contributed by atoms with Crippen molar-refractivity contribution in [3.63, 3.8) is 0 Å². The molecule has 3 atom stereocenters. The van der Waals surface area contributed by atoms with Gasteiger partial charge in [-0.2, -0.15) is 0 Å². The van der Waals surface area contributed by atoms with Crippen LogP contribution in [0.25, 0.3) is 0 Å². The Labute approximate surface area is 133 Å². The van der Waals surface area contributed by atoms with Crippen LogP contribution in [0, 0.1) is 5.92 Å². The van der Waals surface area contributed by atoms with Crippen molar-refractivity contribution in [3.05, 3.63) is 29.3 Å². The number of methoxy groups -OCH3 is 1. The first kappa shape index (κ1) is 14.5. The third-order valence-corrected chi connectivity index (χ3v) is 6.52. The van der Waals surface area contributed by atoms with Crippen LogP contribution in [0.15, 0.2) is 18.2 Å². The van der Waals surface area contributed by atoms with Gasteiger partial charge in [0.05, 0.1) is 6.61 Å². The largest absolute Gasteiger partial charge is 0.508 e. The molecule has 1 unspecified atom stereocenters. The summed E-state index contributed by atoms with van der Waals surface area (Å²) in [6, 6.07) is 6.79. The molecule has 2 bridgehead atoms. The van der Waals surface area contributed by atoms with Gasteiger partial charge in [-0.15, -0.1) is 0 Å². The number of fused-ring (bicyclic) bond motifs is 1. The zero-order valence-corrected chi connectivity index (χ0v) is 13.6. The van der Waals surface area contributed by atoms with Gasteiger partial charge in [-0.05, 0) is 61.4 Å². The predicted molar refractivity (Wildman–Crippen MR) is 87.3 cm³/mol. The lowest BCUT2D eigenvalue weighted by atomic mass is 9.52. The third kappa shape index (κ3) is 2.10. The highest BCUT2D eigenvalue weighted by molar-refractivity contribution is 5.45. The number of nitrogens with zero attached hydrogens (tertiary/aromatic N) is 1. The number of phenols is 1. The van der Waals surface area contributed by atoms with Crippen LogP contribution in [0.5, 0.6) is 5.75 Å². The SMILES string of the molecule is COCCN1CCC23CCCC[C@H]2[C@H]1Cc1ccc(O)cc13. The zero-order valence-electron chi connectivity index (χ0n) is 13.6. The summed E-state index contributed by atoms with van der Waals surface area (Å²) in [7, 11) is 1.80. The van der Waals surface area contributed by atoms with E-state index in [1.165, 1.54) is 49.8 Å². The van der Waals surface area contributed by atoms with Gasteiger partial charge in [0.1, 0.15) is 5.75 Å². The Kier molecular flexibility index (Phi) is 3.66. The van der Waals surface area contributed by atoms with E-state index in [1.807, 2.05) is 6.07 Å². The van der Waals surface area contributed by atoms with Gasteiger partial charge in [0.25, 0.3) is 0 Å². The molecule has 1 aromatic rings. The van der Waals surface area contributed by atoms with E-state index in [-0.39, 0.29) is 0 Å². The van der Waals surface area contributed by atoms with Crippen LogP contribution < -0.4 is 0 Å². The number of piperidine rings is 1. The molecule has 0 radical (unpaired) electrons. The molecule has 4 rings (SSSR count). The molecule has 1 N–H and O–H groups in total. The summed E-state index contributed by atoms with van der Waals surface area (Å²) in [4.78, 5) is 2.67. The molecule has 1 aliphatic heterocycles. The van der Waals surface area contributed by atoms with Crippen LogP contribution in [0.2, 0.25) is 0 Å². The molecule has 0 spiro atoms. The van der Waals surface area contributed by atoms with Gasteiger partial charge in [0.2, 0.25) is 0 Å². The number of hydrogen-bond donors (Lipinski definition) is 1. The summed E-state index contributed by atoms with van der Waals surface area (Å²) < 4.78 is 5.33. The second-order valence-electron chi connectivity index (χ2n) is 7.40. The van der Waals surface area contributed by atoms with Crippen molar-refractivity contribution >= 4 is 0 Å². The average Bonchev–Trinajstić information content (AvgIpc) is 2.55. The molecule has 2 fully saturated rings. The Bertz CT molecular complexity index is 558. The Morgan fingerprint density at radius 2 is 2.23 bits per heavy atom. The van der Waals surface area contributed by atoms with E-state index in [0.717, 1.165) is 25.5 Å². The lowest BCUT2D eigenvalue weighted by Gasteiger charge is -2.59. The quantitative estimate of drug-likeness (QED) is 0.931. The fourth-order valence-electron chi connectivity index (χ4n) is 5.56. The smallest absolute Gasteiger partial charge is 0.115 e. The van der Waals surface area contributed by atoms with E-state index in [1.54, 1.807) is 7.11 Å². The molecule has 1 heterocycles. The molecular weight excluding hydrogens is 274 g/mol. The Morgan fingerprint density at radius 3 is 3.09 bits per heavy atom. The number of aromatic hydroxyl groups is 1. The van der Waals surface area contributed by atoms with Gasteiger partial charge in [0, 0.05) is 25.1 Å². The molecule has 3 heteroatoms. The van der Waals surface area contributed by atoms with Gasteiger partial charge in [0.15, 0.2) is 0 Å². The van der Waals surface area contributed by atoms with Gasteiger partial charge in [-0.1, -0.05) is 18.9 Å². The van der Waals surface area contributed by atoms with Crippen LogP contribution in [0.3, 0.4) is 0 Å². The standard InChI is InChI=1S/C19H27NO2/c1-22-11-10-20-9-8-19-7-3-2-4-16(19)18(20)12-14-5-6-15(21)13-17(14)19/h5-6,13,16,18,21H,2-4,7-12H2,1H3/t16-,18+,19?/m0/s1. The Morgan fingerprint density at radius 1 is 1.32 bits per heavy atom. The summed E-state index contributed by atoms with van der Waals surface area (Å²) in [6.07, 6.45) is 7.76. The lowest BCUT2D eigenvalue weighted by Crippen LogP contribution is -2.61. The van der Waals surface area contributed by atoms with Crippen LogP contribution in [-0.2, 0) is 16.6 Å². The van der Waals surface area contributed by atoms with Crippen molar-refractivity contribution in [1.29, 1.82) is 0 Å². The first-order valence-corrected chi connectivity index (χ1v) is 8.80. The fourth-order valence-corrected chi connectivity index (χ4v) is 5.56. The molecule has 1 aromatic carbocycles. The van der Waals surface area contributed by atoms with E-state index in [2.05, 4.69) is 17.0 Å². The first-order chi connectivity index (χ1) is 10.7. The maximum atomic E-state index is 10.0. The number of rotatable bonds is 3. The van der Waals surface area contributed by atoms with Gasteiger partial charge < -0.3 is 9.84 Å². The summed E-state index contributed by atoms with van der Waals surface area (Å²) in [5, 5.41) is 10.0. The summed E-state index contributed by atoms with van der Waals surface area (Å²) >= 11 is 0. The molecule has 1 saturated heterocycles. The maximum Gasteiger partial charge on any atom is 0.115 e. The number of ether oxygens (including phenoxy) is 1. The zero-order chi connectivity index (χ0) is 15.2. The summed E-state index contributed by atoms with van der Waals surface area (Å²) in [6.45, 7) is 3.07. The third-order valence-electron chi connectivity index (χ3n) is 6.52. The second-order valence-corrected chi connectivity index (χ2v) is 7.40. The molecular formula is C19H27NO2. The van der Waals surface area contributed by atoms with Crippen molar-refractivity contribution < 1.29 is 9.84 Å². The molecule has 2 aliphatic carbocycles. The van der Waals surface area contributed by atoms with Gasteiger partial charge in [-0.25, -0.2) is 0 Å². The highest BCUT2D eigenvalue weighted by Crippen LogP contribution is 2.56. The minimum Gasteiger partial charge on any atom is -0.508 e. The van der Waals surface area contributed by atoms with Gasteiger partial charge in [-0.3, -0.25) is 4.90 Å². The van der Waals surface area contributed by atoms with E-state index in [9.17, 15) is 5.11 Å². The number of hydrogen-bond acceptors (Lipinski definition) is 3. The first-order valence-electron chi connectivity index (χ1n) is 8.80. The monoisotopic (exact) mass is 301 g/mol. The number of likely N-dealkylation sites (tertiary alicyclic amines) is 1. The summed E-state index contributed by atoms with van der Waals surface area (Å²) in [5.41, 5.74) is 3.28. The minimum absolute atomic E-state index is 0.332. The molecule has 120 valence electrons. The summed E-state index contributed by atoms with van der Waals surface area (Å²) in [5.74, 6) is 1.21. The van der Waals surface area contributed by atoms with Crippen molar-refractivity contribution in [2.45, 2.75) is 50.0 Å². The lowest BCUT2D eigenvalue weighted by molar-refractivity contribution is -0.0206. The Hall–Kier alpha value is -1.06. The minimum atomic E-state index is 0.332. The number of benzene rings is 1. The van der Waals surface area contributed by atoms with E-state index in [4.69, 9.17) is 4.74 Å². The van der Waals surface area contributed by atoms with E-state index < -0.39 is 0 Å². The van der Waals surface area contributed by atoms with E-state index >= 15 is 0 Å². The average molecular weight is 301 g/mol. The van der Waals surface area contributed by atoms with Crippen LogP contribution in [0.1, 0.15) is 43.2 Å². The molecule has 22 heavy (non-hydrogen) atoms. The van der Waals surface area contributed by atoms with Crippen LogP contribution in [0.4, 0.5) is 0 Å². The van der Waals surface area contributed by atoms with E-state index in [0.29, 0.717) is 17.2 Å². The van der Waals surface area contributed by atoms with Crippen LogP contribution >= 0.6 is 0 Å². The molecule has 0 amide bonds. The topological polar surface area (TPSA) is 32.7 Å². The second kappa shape index (κ2) is 5.54. The molecule has 3 nitrogen and oxygen atoms in total. The highest BCUT2D eigenvalue weighted by Gasteiger charge is 2.53. The van der Waals surface area contributed by atoms with Crippen molar-refractivity contribution in [2.75, 3.05) is 26.8 Å². The normalized spacial score (nSPS) is 34.0. The Balaban J connectivity index is 1.75. The van der Waals surface area contributed by atoms with Crippen molar-refractivity contribution in [2.24, 2.45) is 5.92 Å². The molecule has 0 aromatic heterocycles. The van der Waals surface area contributed by atoms with Crippen molar-refractivity contribution in [3.8, 4) is 5.75 Å². The van der Waals surface area contributed by atoms with Gasteiger partial charge >= 0.3 is 0 Å². The maximum absolute atomic E-state index is 10.0. The predicted octanol–water partition coefficient (Wildman–Crippen LogP) is 3.10. The molecule has 3 aliphatic rings. The molecule has 1 saturated carbocycles.